The number of rotatable bonds is 7. The maximum absolute atomic E-state index is 12.8. The van der Waals surface area contributed by atoms with Gasteiger partial charge in [0.05, 0.1) is 11.4 Å². The fraction of sp³-hybridized carbons (Fsp3) is 0.450. The molecule has 1 fully saturated rings. The third-order valence-corrected chi connectivity index (χ3v) is 7.79. The van der Waals surface area contributed by atoms with Crippen LogP contribution in [0, 0.1) is 6.92 Å². The number of carbonyl (C=O) groups excluding carboxylic acids is 1. The van der Waals surface area contributed by atoms with Crippen molar-refractivity contribution in [3.63, 3.8) is 0 Å². The number of sulfonamides is 1. The van der Waals surface area contributed by atoms with E-state index < -0.39 is 10.0 Å². The average Bonchev–Trinajstić information content (AvgIpc) is 3.21. The molecular formula is C20H27N3O3S2. The van der Waals surface area contributed by atoms with Crippen molar-refractivity contribution in [2.45, 2.75) is 25.3 Å². The van der Waals surface area contributed by atoms with Crippen LogP contribution in [0.2, 0.25) is 0 Å². The highest BCUT2D eigenvalue weighted by molar-refractivity contribution is 7.89. The Balaban J connectivity index is 1.55. The number of aryl methyl sites for hydroxylation is 1. The summed E-state index contributed by atoms with van der Waals surface area (Å²) in [6.07, 6.45) is 0. The number of thiophene rings is 1. The van der Waals surface area contributed by atoms with E-state index >= 15 is 0 Å². The number of amides is 1. The van der Waals surface area contributed by atoms with Gasteiger partial charge in [-0.15, -0.1) is 11.3 Å². The lowest BCUT2D eigenvalue weighted by Gasteiger charge is -2.35. The number of hydrogen-bond donors (Lipinski definition) is 0. The lowest BCUT2D eigenvalue weighted by molar-refractivity contribution is -0.133. The molecule has 1 saturated heterocycles. The predicted octanol–water partition coefficient (Wildman–Crippen LogP) is 2.41. The molecule has 6 nitrogen and oxygen atoms in total. The van der Waals surface area contributed by atoms with E-state index in [1.165, 1.54) is 9.18 Å². The maximum atomic E-state index is 12.8. The first kappa shape index (κ1) is 21.0. The quantitative estimate of drug-likeness (QED) is 0.689. The van der Waals surface area contributed by atoms with Gasteiger partial charge in [-0.25, -0.2) is 8.42 Å². The number of benzene rings is 1. The lowest BCUT2D eigenvalue weighted by atomic mass is 10.2. The second-order valence-electron chi connectivity index (χ2n) is 6.98. The van der Waals surface area contributed by atoms with Gasteiger partial charge in [-0.05, 0) is 37.0 Å². The van der Waals surface area contributed by atoms with E-state index in [1.54, 1.807) is 40.5 Å². The zero-order valence-electron chi connectivity index (χ0n) is 16.4. The summed E-state index contributed by atoms with van der Waals surface area (Å²) in [7, 11) is -3.50. The Morgan fingerprint density at radius 3 is 2.36 bits per heavy atom. The molecule has 0 radical (unpaired) electrons. The van der Waals surface area contributed by atoms with E-state index in [0.717, 1.165) is 18.7 Å². The molecule has 0 unspecified atom stereocenters. The second kappa shape index (κ2) is 9.17. The summed E-state index contributed by atoms with van der Waals surface area (Å²) < 4.78 is 27.1. The van der Waals surface area contributed by atoms with Crippen LogP contribution in [-0.4, -0.2) is 67.7 Å². The summed E-state index contributed by atoms with van der Waals surface area (Å²) >= 11 is 1.69. The van der Waals surface area contributed by atoms with Gasteiger partial charge in [0.25, 0.3) is 0 Å². The van der Waals surface area contributed by atoms with Crippen molar-refractivity contribution in [3.8, 4) is 0 Å². The molecule has 0 aliphatic carbocycles. The molecule has 0 spiro atoms. The molecule has 1 aromatic heterocycles. The Morgan fingerprint density at radius 2 is 1.79 bits per heavy atom. The number of carbonyl (C=O) groups is 1. The topological polar surface area (TPSA) is 60.9 Å². The Labute approximate surface area is 171 Å². The Hall–Kier alpha value is -1.74. The Morgan fingerprint density at radius 1 is 1.11 bits per heavy atom. The fourth-order valence-electron chi connectivity index (χ4n) is 3.23. The third kappa shape index (κ3) is 5.00. The van der Waals surface area contributed by atoms with Crippen molar-refractivity contribution in [1.29, 1.82) is 0 Å². The van der Waals surface area contributed by atoms with E-state index in [-0.39, 0.29) is 5.91 Å². The largest absolute Gasteiger partial charge is 0.339 e. The number of nitrogens with zero attached hydrogens (tertiary/aromatic N) is 3. The smallest absolute Gasteiger partial charge is 0.243 e. The molecule has 0 atom stereocenters. The van der Waals surface area contributed by atoms with Gasteiger partial charge in [0.1, 0.15) is 0 Å². The monoisotopic (exact) mass is 421 g/mol. The average molecular weight is 422 g/mol. The predicted molar refractivity (Wildman–Crippen MR) is 112 cm³/mol. The van der Waals surface area contributed by atoms with Crippen LogP contribution < -0.4 is 0 Å². The van der Waals surface area contributed by atoms with Gasteiger partial charge in [0, 0.05) is 37.6 Å². The lowest BCUT2D eigenvalue weighted by Crippen LogP contribution is -2.52. The first-order valence-corrected chi connectivity index (χ1v) is 11.8. The van der Waals surface area contributed by atoms with Crippen LogP contribution in [0.5, 0.6) is 0 Å². The summed E-state index contributed by atoms with van der Waals surface area (Å²) in [5.41, 5.74) is 1.03. The van der Waals surface area contributed by atoms with Crippen LogP contribution in [0.3, 0.4) is 0 Å². The summed E-state index contributed by atoms with van der Waals surface area (Å²) in [4.78, 5) is 18.1. The first-order valence-electron chi connectivity index (χ1n) is 9.49. The van der Waals surface area contributed by atoms with Crippen LogP contribution in [0.1, 0.15) is 17.4 Å². The summed E-state index contributed by atoms with van der Waals surface area (Å²) in [6.45, 7) is 7.43. The van der Waals surface area contributed by atoms with Gasteiger partial charge in [-0.1, -0.05) is 30.7 Å². The van der Waals surface area contributed by atoms with E-state index in [0.29, 0.717) is 37.6 Å². The summed E-state index contributed by atoms with van der Waals surface area (Å²) in [6, 6.07) is 11.0. The molecule has 0 N–H and O–H groups in total. The van der Waals surface area contributed by atoms with Crippen LogP contribution in [0.4, 0.5) is 0 Å². The molecule has 0 saturated carbocycles. The van der Waals surface area contributed by atoms with Crippen LogP contribution in [0.15, 0.2) is 46.7 Å². The number of likely N-dealkylation sites (N-methyl/N-ethyl adjacent to an activating group) is 1. The Bertz CT molecular complexity index is 872. The molecule has 152 valence electrons. The minimum atomic E-state index is -3.50. The molecule has 3 rings (SSSR count). The normalized spacial score (nSPS) is 15.9. The molecule has 1 aliphatic rings. The summed E-state index contributed by atoms with van der Waals surface area (Å²) in [5, 5.41) is 2.04. The Kier molecular flexibility index (Phi) is 6.87. The molecule has 28 heavy (non-hydrogen) atoms. The molecule has 2 heterocycles. The first-order chi connectivity index (χ1) is 13.4. The maximum Gasteiger partial charge on any atom is 0.243 e. The van der Waals surface area contributed by atoms with Gasteiger partial charge in [-0.2, -0.15) is 4.31 Å². The minimum absolute atomic E-state index is 0.0609. The highest BCUT2D eigenvalue weighted by atomic mass is 32.2. The van der Waals surface area contributed by atoms with Gasteiger partial charge in [-0.3, -0.25) is 9.69 Å². The van der Waals surface area contributed by atoms with Crippen LogP contribution in [-0.2, 0) is 21.4 Å². The zero-order valence-corrected chi connectivity index (χ0v) is 18.0. The fourth-order valence-corrected chi connectivity index (χ4v) is 5.40. The van der Waals surface area contributed by atoms with Crippen molar-refractivity contribution in [3.05, 3.63) is 52.2 Å². The molecule has 0 bridgehead atoms. The van der Waals surface area contributed by atoms with Crippen molar-refractivity contribution < 1.29 is 13.2 Å². The molecule has 2 aromatic rings. The van der Waals surface area contributed by atoms with Gasteiger partial charge in [0.15, 0.2) is 0 Å². The van der Waals surface area contributed by atoms with E-state index in [2.05, 4.69) is 11.0 Å². The van der Waals surface area contributed by atoms with Crippen LogP contribution in [0.25, 0.3) is 0 Å². The molecule has 1 aliphatic heterocycles. The molecule has 1 amide bonds. The zero-order chi connectivity index (χ0) is 20.1. The second-order valence-corrected chi connectivity index (χ2v) is 9.95. The van der Waals surface area contributed by atoms with Crippen molar-refractivity contribution in [2.24, 2.45) is 0 Å². The minimum Gasteiger partial charge on any atom is -0.339 e. The van der Waals surface area contributed by atoms with Crippen LogP contribution >= 0.6 is 11.3 Å². The third-order valence-electron chi connectivity index (χ3n) is 5.02. The van der Waals surface area contributed by atoms with Gasteiger partial charge >= 0.3 is 0 Å². The summed E-state index contributed by atoms with van der Waals surface area (Å²) in [5.74, 6) is 0.0609. The number of piperazine rings is 1. The van der Waals surface area contributed by atoms with E-state index in [4.69, 9.17) is 0 Å². The van der Waals surface area contributed by atoms with Gasteiger partial charge in [0.2, 0.25) is 15.9 Å². The standard InChI is InChI=1S/C20H27N3O3S2/c1-3-21(15-18-5-4-14-27-18)16-20(24)22-10-12-23(13-11-22)28(25,26)19-8-6-17(2)7-9-19/h4-9,14H,3,10-13,15-16H2,1-2H3. The molecular weight excluding hydrogens is 394 g/mol. The highest BCUT2D eigenvalue weighted by Gasteiger charge is 2.30. The SMILES string of the molecule is CCN(CC(=O)N1CCN(S(=O)(=O)c2ccc(C)cc2)CC1)Cc1cccs1. The molecule has 8 heteroatoms. The van der Waals surface area contributed by atoms with Crippen molar-refractivity contribution in [2.75, 3.05) is 39.3 Å². The van der Waals surface area contributed by atoms with E-state index in [9.17, 15) is 13.2 Å². The van der Waals surface area contributed by atoms with Crippen molar-refractivity contribution >= 4 is 27.3 Å². The highest BCUT2D eigenvalue weighted by Crippen LogP contribution is 2.18. The van der Waals surface area contributed by atoms with Gasteiger partial charge < -0.3 is 4.90 Å². The number of hydrogen-bond acceptors (Lipinski definition) is 5. The van der Waals surface area contributed by atoms with E-state index in [1.807, 2.05) is 25.3 Å². The van der Waals surface area contributed by atoms with Crippen molar-refractivity contribution in [1.82, 2.24) is 14.1 Å². The molecule has 1 aromatic carbocycles.